The molecule has 0 spiro atoms. The number of hydrogen-bond acceptors (Lipinski definition) is 4. The smallest absolute Gasteiger partial charge is 0.269 e. The van der Waals surface area contributed by atoms with Gasteiger partial charge in [-0.05, 0) is 29.8 Å². The van der Waals surface area contributed by atoms with Gasteiger partial charge in [0.15, 0.2) is 0 Å². The molecule has 1 aliphatic heterocycles. The molecule has 0 unspecified atom stereocenters. The molecule has 1 saturated heterocycles. The lowest BCUT2D eigenvalue weighted by molar-refractivity contribution is 0.0928. The molecule has 2 N–H and O–H groups in total. The summed E-state index contributed by atoms with van der Waals surface area (Å²) in [5, 5.41) is 5.56. The van der Waals surface area contributed by atoms with Crippen LogP contribution in [0.3, 0.4) is 0 Å². The average molecular weight is 369 g/mol. The molecule has 2 fully saturated rings. The Morgan fingerprint density at radius 3 is 2.52 bits per heavy atom. The maximum atomic E-state index is 13.1. The molecule has 4 rings (SSSR count). The molecule has 6 nitrogen and oxygen atoms in total. The van der Waals surface area contributed by atoms with E-state index < -0.39 is 0 Å². The lowest BCUT2D eigenvalue weighted by Crippen LogP contribution is -2.30. The summed E-state index contributed by atoms with van der Waals surface area (Å²) >= 11 is 0. The van der Waals surface area contributed by atoms with Gasteiger partial charge in [0.25, 0.3) is 11.8 Å². The van der Waals surface area contributed by atoms with Crippen molar-refractivity contribution in [3.63, 3.8) is 0 Å². The van der Waals surface area contributed by atoms with Crippen LogP contribution in [0, 0.1) is 17.7 Å². The van der Waals surface area contributed by atoms with E-state index in [0.29, 0.717) is 42.7 Å². The van der Waals surface area contributed by atoms with Crippen molar-refractivity contribution in [1.82, 2.24) is 15.6 Å². The Labute approximate surface area is 156 Å². The maximum absolute atomic E-state index is 13.1. The number of carbonyl (C=O) groups excluding carboxylic acids is 2. The van der Waals surface area contributed by atoms with E-state index >= 15 is 0 Å². The number of nitrogens with one attached hydrogen (secondary N) is 2. The number of pyridine rings is 1. The monoisotopic (exact) mass is 369 g/mol. The van der Waals surface area contributed by atoms with Gasteiger partial charge in [-0.1, -0.05) is 12.1 Å². The van der Waals surface area contributed by atoms with E-state index in [1.54, 1.807) is 18.2 Å². The van der Waals surface area contributed by atoms with Crippen LogP contribution in [0.15, 0.2) is 36.4 Å². The number of rotatable bonds is 5. The number of amides is 2. The van der Waals surface area contributed by atoms with E-state index in [-0.39, 0.29) is 29.4 Å². The molecule has 1 saturated carbocycles. The number of benzene rings is 1. The largest absolute Gasteiger partial charge is 0.381 e. The SMILES string of the molecule is CNC(=O)c1cc(C(=O)N[C@H]2[C@@H]3COC[C@@H]32)cc(Cc2ccc(F)cc2)n1. The van der Waals surface area contributed by atoms with Gasteiger partial charge in [0, 0.05) is 42.6 Å². The van der Waals surface area contributed by atoms with Crippen LogP contribution < -0.4 is 10.6 Å². The standard InChI is InChI=1S/C20H20FN3O3/c1-22-20(26)17-8-12(19(25)24-18-15-9-27-10-16(15)18)7-14(23-17)6-11-2-4-13(21)5-3-11/h2-5,7-8,15-16,18H,6,9-10H2,1H3,(H,22,26)(H,24,25)/t15-,16+,18+. The second-order valence-electron chi connectivity index (χ2n) is 6.98. The summed E-state index contributed by atoms with van der Waals surface area (Å²) in [6, 6.07) is 9.39. The molecule has 7 heteroatoms. The molecular weight excluding hydrogens is 349 g/mol. The van der Waals surface area contributed by atoms with Crippen molar-refractivity contribution in [1.29, 1.82) is 0 Å². The van der Waals surface area contributed by atoms with E-state index in [1.165, 1.54) is 25.2 Å². The van der Waals surface area contributed by atoms with Crippen LogP contribution in [-0.4, -0.2) is 43.1 Å². The van der Waals surface area contributed by atoms with Crippen LogP contribution in [0.5, 0.6) is 0 Å². The minimum Gasteiger partial charge on any atom is -0.381 e. The fraction of sp³-hybridized carbons (Fsp3) is 0.350. The van der Waals surface area contributed by atoms with E-state index in [2.05, 4.69) is 15.6 Å². The normalized spacial score (nSPS) is 22.8. The summed E-state index contributed by atoms with van der Waals surface area (Å²) in [7, 11) is 1.52. The number of fused-ring (bicyclic) bond motifs is 1. The first kappa shape index (κ1) is 17.6. The Hall–Kier alpha value is -2.80. The molecule has 1 aromatic carbocycles. The second kappa shape index (κ2) is 7.08. The van der Waals surface area contributed by atoms with Gasteiger partial charge in [-0.15, -0.1) is 0 Å². The van der Waals surface area contributed by atoms with Gasteiger partial charge in [0.2, 0.25) is 0 Å². The fourth-order valence-electron chi connectivity index (χ4n) is 3.55. The Morgan fingerprint density at radius 1 is 1.15 bits per heavy atom. The summed E-state index contributed by atoms with van der Waals surface area (Å²) in [5.41, 5.74) is 2.00. The third-order valence-electron chi connectivity index (χ3n) is 5.15. The number of halogens is 1. The molecule has 2 amide bonds. The van der Waals surface area contributed by atoms with Gasteiger partial charge >= 0.3 is 0 Å². The van der Waals surface area contributed by atoms with Crippen LogP contribution in [0.25, 0.3) is 0 Å². The molecule has 0 radical (unpaired) electrons. The Kier molecular flexibility index (Phi) is 4.61. The van der Waals surface area contributed by atoms with Gasteiger partial charge in [0.05, 0.1) is 13.2 Å². The number of nitrogens with zero attached hydrogens (tertiary/aromatic N) is 1. The number of hydrogen-bond donors (Lipinski definition) is 2. The van der Waals surface area contributed by atoms with Crippen molar-refractivity contribution in [2.45, 2.75) is 12.5 Å². The quantitative estimate of drug-likeness (QED) is 0.838. The van der Waals surface area contributed by atoms with Crippen LogP contribution in [0.2, 0.25) is 0 Å². The minimum atomic E-state index is -0.360. The second-order valence-corrected chi connectivity index (χ2v) is 6.98. The molecule has 3 atom stereocenters. The van der Waals surface area contributed by atoms with Gasteiger partial charge in [-0.2, -0.15) is 0 Å². The molecular formula is C20H20FN3O3. The first-order chi connectivity index (χ1) is 13.0. The number of carbonyl (C=O) groups is 2. The third kappa shape index (κ3) is 3.68. The van der Waals surface area contributed by atoms with E-state index in [9.17, 15) is 14.0 Å². The topological polar surface area (TPSA) is 80.3 Å². The van der Waals surface area contributed by atoms with Gasteiger partial charge in [-0.25, -0.2) is 9.37 Å². The van der Waals surface area contributed by atoms with Gasteiger partial charge < -0.3 is 15.4 Å². The molecule has 2 heterocycles. The Bertz CT molecular complexity index is 875. The number of ether oxygens (including phenoxy) is 1. The van der Waals surface area contributed by atoms with E-state index in [0.717, 1.165) is 5.56 Å². The molecule has 2 aromatic rings. The van der Waals surface area contributed by atoms with Crippen molar-refractivity contribution in [3.8, 4) is 0 Å². The molecule has 140 valence electrons. The molecule has 1 aromatic heterocycles. The maximum Gasteiger partial charge on any atom is 0.269 e. The van der Waals surface area contributed by atoms with Crippen LogP contribution in [0.4, 0.5) is 4.39 Å². The van der Waals surface area contributed by atoms with Crippen LogP contribution >= 0.6 is 0 Å². The summed E-state index contributed by atoms with van der Waals surface area (Å²) < 4.78 is 18.4. The van der Waals surface area contributed by atoms with Crippen molar-refractivity contribution in [2.75, 3.05) is 20.3 Å². The summed E-state index contributed by atoms with van der Waals surface area (Å²) in [6.07, 6.45) is 0.397. The minimum absolute atomic E-state index is 0.142. The molecule has 2 aliphatic rings. The first-order valence-corrected chi connectivity index (χ1v) is 8.91. The van der Waals surface area contributed by atoms with Gasteiger partial charge in [0.1, 0.15) is 11.5 Å². The summed E-state index contributed by atoms with van der Waals surface area (Å²) in [5.74, 6) is -0.102. The van der Waals surface area contributed by atoms with Crippen molar-refractivity contribution in [2.24, 2.45) is 11.8 Å². The highest BCUT2D eigenvalue weighted by Gasteiger charge is 2.54. The zero-order valence-electron chi connectivity index (χ0n) is 14.9. The highest BCUT2D eigenvalue weighted by Crippen LogP contribution is 2.44. The zero-order chi connectivity index (χ0) is 19.0. The van der Waals surface area contributed by atoms with E-state index in [1.807, 2.05) is 0 Å². The van der Waals surface area contributed by atoms with Crippen molar-refractivity contribution < 1.29 is 18.7 Å². The lowest BCUT2D eigenvalue weighted by Gasteiger charge is -2.11. The fourth-order valence-corrected chi connectivity index (χ4v) is 3.55. The lowest BCUT2D eigenvalue weighted by atomic mass is 10.1. The van der Waals surface area contributed by atoms with Crippen molar-refractivity contribution >= 4 is 11.8 Å². The van der Waals surface area contributed by atoms with E-state index in [4.69, 9.17) is 4.74 Å². The highest BCUT2D eigenvalue weighted by molar-refractivity contribution is 5.98. The van der Waals surface area contributed by atoms with Crippen molar-refractivity contribution in [3.05, 3.63) is 64.7 Å². The third-order valence-corrected chi connectivity index (χ3v) is 5.15. The average Bonchev–Trinajstić information content (AvgIpc) is 3.09. The molecule has 0 bridgehead atoms. The van der Waals surface area contributed by atoms with Gasteiger partial charge in [-0.3, -0.25) is 9.59 Å². The molecule has 27 heavy (non-hydrogen) atoms. The highest BCUT2D eigenvalue weighted by atomic mass is 19.1. The summed E-state index contributed by atoms with van der Waals surface area (Å²) in [4.78, 5) is 29.1. The predicted octanol–water partition coefficient (Wildman–Crippen LogP) is 1.55. The zero-order valence-corrected chi connectivity index (χ0v) is 14.9. The van der Waals surface area contributed by atoms with Crippen LogP contribution in [-0.2, 0) is 11.2 Å². The Morgan fingerprint density at radius 2 is 1.85 bits per heavy atom. The Balaban J connectivity index is 1.56. The summed E-state index contributed by atoms with van der Waals surface area (Å²) in [6.45, 7) is 1.37. The molecule has 1 aliphatic carbocycles. The predicted molar refractivity (Wildman–Crippen MR) is 95.9 cm³/mol. The number of aromatic nitrogens is 1. The first-order valence-electron chi connectivity index (χ1n) is 8.91. The van der Waals surface area contributed by atoms with Crippen LogP contribution in [0.1, 0.15) is 32.1 Å².